The van der Waals surface area contributed by atoms with Crippen molar-refractivity contribution in [1.82, 2.24) is 20.1 Å². The fourth-order valence-electron chi connectivity index (χ4n) is 2.12. The number of rotatable bonds is 6. The van der Waals surface area contributed by atoms with Gasteiger partial charge in [0.05, 0.1) is 29.0 Å². The summed E-state index contributed by atoms with van der Waals surface area (Å²) in [5.74, 6) is 5.44. The molecule has 1 atom stereocenters. The highest BCUT2D eigenvalue weighted by Gasteiger charge is 2.21. The molecule has 1 aromatic carbocycles. The van der Waals surface area contributed by atoms with Crippen LogP contribution in [0.1, 0.15) is 17.3 Å². The Morgan fingerprint density at radius 1 is 1.38 bits per heavy atom. The topological polar surface area (TPSA) is 59.1 Å². The van der Waals surface area contributed by atoms with E-state index in [-0.39, 0.29) is 11.9 Å². The van der Waals surface area contributed by atoms with E-state index in [1.807, 2.05) is 18.8 Å². The van der Waals surface area contributed by atoms with Gasteiger partial charge in [0.25, 0.3) is 0 Å². The van der Waals surface area contributed by atoms with Crippen molar-refractivity contribution in [2.45, 2.75) is 12.6 Å². The van der Waals surface area contributed by atoms with Gasteiger partial charge < -0.3 is 4.90 Å². The van der Waals surface area contributed by atoms with Gasteiger partial charge >= 0.3 is 0 Å². The molecule has 0 fully saturated rings. The number of likely N-dealkylation sites (N-methyl/N-ethyl adjacent to an activating group) is 1. The number of nitrogens with two attached hydrogens (primary N) is 1. The predicted molar refractivity (Wildman–Crippen MR) is 84.0 cm³/mol. The smallest absolute Gasteiger partial charge is 0.123 e. The number of hydrazine groups is 1. The second-order valence-electron chi connectivity index (χ2n) is 5.06. The first kappa shape index (κ1) is 16.1. The molecule has 1 heterocycles. The Morgan fingerprint density at radius 3 is 2.62 bits per heavy atom. The third-order valence-electron chi connectivity index (χ3n) is 3.24. The van der Waals surface area contributed by atoms with Crippen molar-refractivity contribution in [2.75, 3.05) is 20.6 Å². The number of nitrogens with one attached hydrogen (secondary N) is 1. The number of nitrogens with zero attached hydrogens (tertiary/aromatic N) is 3. The first-order valence-corrected chi connectivity index (χ1v) is 7.39. The molecule has 0 aliphatic heterocycles. The van der Waals surface area contributed by atoms with E-state index in [0.29, 0.717) is 0 Å². The second kappa shape index (κ2) is 7.13. The van der Waals surface area contributed by atoms with E-state index < -0.39 is 0 Å². The van der Waals surface area contributed by atoms with E-state index in [1.54, 1.807) is 18.3 Å². The second-order valence-corrected chi connectivity index (χ2v) is 5.91. The van der Waals surface area contributed by atoms with E-state index in [9.17, 15) is 4.39 Å². The van der Waals surface area contributed by atoms with Crippen molar-refractivity contribution in [1.29, 1.82) is 0 Å². The maximum atomic E-state index is 13.1. The van der Waals surface area contributed by atoms with Crippen molar-refractivity contribution in [3.63, 3.8) is 0 Å². The summed E-state index contributed by atoms with van der Waals surface area (Å²) in [6, 6.07) is 6.03. The Morgan fingerprint density at radius 2 is 2.05 bits per heavy atom. The normalized spacial score (nSPS) is 12.9. The molecule has 21 heavy (non-hydrogen) atoms. The standard InChI is InChI=1S/C14H19BrFN5/c1-20(2)7-8-21-14(12(15)9-18-21)13(19-17)10-3-5-11(16)6-4-10/h3-6,9,13,19H,7-8,17H2,1-2H3. The molecule has 0 aliphatic rings. The SMILES string of the molecule is CN(C)CCn1ncc(Br)c1C(NN)c1ccc(F)cc1. The average molecular weight is 356 g/mol. The number of benzene rings is 1. The molecule has 0 radical (unpaired) electrons. The van der Waals surface area contributed by atoms with E-state index in [4.69, 9.17) is 5.84 Å². The van der Waals surface area contributed by atoms with Crippen LogP contribution in [0.2, 0.25) is 0 Å². The third kappa shape index (κ3) is 3.88. The van der Waals surface area contributed by atoms with Gasteiger partial charge in [-0.1, -0.05) is 12.1 Å². The van der Waals surface area contributed by atoms with Gasteiger partial charge in [-0.15, -0.1) is 0 Å². The maximum Gasteiger partial charge on any atom is 0.123 e. The molecule has 2 rings (SSSR count). The Bertz CT molecular complexity index is 582. The number of hydrogen-bond donors (Lipinski definition) is 2. The van der Waals surface area contributed by atoms with Crippen LogP contribution >= 0.6 is 15.9 Å². The van der Waals surface area contributed by atoms with E-state index in [0.717, 1.165) is 28.8 Å². The van der Waals surface area contributed by atoms with Crippen molar-refractivity contribution in [2.24, 2.45) is 5.84 Å². The van der Waals surface area contributed by atoms with Crippen LogP contribution in [0.5, 0.6) is 0 Å². The Balaban J connectivity index is 2.33. The monoisotopic (exact) mass is 355 g/mol. The van der Waals surface area contributed by atoms with Crippen LogP contribution in [0.15, 0.2) is 34.9 Å². The molecule has 0 spiro atoms. The highest BCUT2D eigenvalue weighted by molar-refractivity contribution is 9.10. The zero-order valence-corrected chi connectivity index (χ0v) is 13.6. The van der Waals surface area contributed by atoms with Crippen LogP contribution in [-0.2, 0) is 6.54 Å². The lowest BCUT2D eigenvalue weighted by atomic mass is 10.0. The zero-order chi connectivity index (χ0) is 15.4. The molecule has 0 saturated heterocycles. The van der Waals surface area contributed by atoms with E-state index >= 15 is 0 Å². The number of hydrogen-bond acceptors (Lipinski definition) is 4. The van der Waals surface area contributed by atoms with Crippen LogP contribution in [-0.4, -0.2) is 35.3 Å². The number of aromatic nitrogens is 2. The molecule has 5 nitrogen and oxygen atoms in total. The molecule has 0 amide bonds. The molecular weight excluding hydrogens is 337 g/mol. The molecule has 0 bridgehead atoms. The lowest BCUT2D eigenvalue weighted by molar-refractivity contribution is 0.365. The first-order chi connectivity index (χ1) is 10.0. The fourth-order valence-corrected chi connectivity index (χ4v) is 2.65. The quantitative estimate of drug-likeness (QED) is 0.613. The zero-order valence-electron chi connectivity index (χ0n) is 12.1. The average Bonchev–Trinajstić information content (AvgIpc) is 2.81. The van der Waals surface area contributed by atoms with Gasteiger partial charge in [-0.2, -0.15) is 5.10 Å². The molecular formula is C14H19BrFN5. The molecule has 2 aromatic rings. The molecule has 114 valence electrons. The predicted octanol–water partition coefficient (Wildman–Crippen LogP) is 1.90. The lowest BCUT2D eigenvalue weighted by Gasteiger charge is -2.20. The molecule has 1 unspecified atom stereocenters. The Hall–Kier alpha value is -1.28. The molecule has 7 heteroatoms. The van der Waals surface area contributed by atoms with E-state index in [2.05, 4.69) is 31.4 Å². The van der Waals surface area contributed by atoms with Gasteiger partial charge in [-0.05, 0) is 47.7 Å². The van der Waals surface area contributed by atoms with Gasteiger partial charge in [0.1, 0.15) is 5.82 Å². The van der Waals surface area contributed by atoms with Crippen LogP contribution in [0.3, 0.4) is 0 Å². The summed E-state index contributed by atoms with van der Waals surface area (Å²) in [7, 11) is 4.02. The summed E-state index contributed by atoms with van der Waals surface area (Å²) in [6.45, 7) is 1.61. The van der Waals surface area contributed by atoms with Crippen LogP contribution in [0.25, 0.3) is 0 Å². The summed E-state index contributed by atoms with van der Waals surface area (Å²) in [4.78, 5) is 2.09. The Labute approximate surface area is 132 Å². The fraction of sp³-hybridized carbons (Fsp3) is 0.357. The van der Waals surface area contributed by atoms with Crippen LogP contribution in [0, 0.1) is 5.82 Å². The minimum atomic E-state index is -0.269. The van der Waals surface area contributed by atoms with Gasteiger partial charge in [0.2, 0.25) is 0 Å². The number of halogens is 2. The van der Waals surface area contributed by atoms with Crippen molar-refractivity contribution >= 4 is 15.9 Å². The van der Waals surface area contributed by atoms with Crippen LogP contribution < -0.4 is 11.3 Å². The van der Waals surface area contributed by atoms with Crippen molar-refractivity contribution in [3.05, 3.63) is 52.0 Å². The maximum absolute atomic E-state index is 13.1. The highest BCUT2D eigenvalue weighted by Crippen LogP contribution is 2.28. The van der Waals surface area contributed by atoms with Gasteiger partial charge in [0.15, 0.2) is 0 Å². The van der Waals surface area contributed by atoms with Gasteiger partial charge in [-0.3, -0.25) is 10.5 Å². The summed E-state index contributed by atoms with van der Waals surface area (Å²) in [5, 5.41) is 4.37. The summed E-state index contributed by atoms with van der Waals surface area (Å²) >= 11 is 3.51. The summed E-state index contributed by atoms with van der Waals surface area (Å²) in [5.41, 5.74) is 4.59. The van der Waals surface area contributed by atoms with Gasteiger partial charge in [0, 0.05) is 6.54 Å². The molecule has 0 aliphatic carbocycles. The third-order valence-corrected chi connectivity index (χ3v) is 3.85. The van der Waals surface area contributed by atoms with E-state index in [1.165, 1.54) is 12.1 Å². The summed E-state index contributed by atoms with van der Waals surface area (Å²) in [6.07, 6.45) is 1.75. The highest BCUT2D eigenvalue weighted by atomic mass is 79.9. The van der Waals surface area contributed by atoms with Crippen molar-refractivity contribution < 1.29 is 4.39 Å². The van der Waals surface area contributed by atoms with Crippen LogP contribution in [0.4, 0.5) is 4.39 Å². The summed E-state index contributed by atoms with van der Waals surface area (Å²) < 4.78 is 15.9. The van der Waals surface area contributed by atoms with Gasteiger partial charge in [-0.25, -0.2) is 9.82 Å². The largest absolute Gasteiger partial charge is 0.308 e. The minimum Gasteiger partial charge on any atom is -0.308 e. The minimum absolute atomic E-state index is 0.260. The van der Waals surface area contributed by atoms with Crippen molar-refractivity contribution in [3.8, 4) is 0 Å². The molecule has 0 saturated carbocycles. The Kier molecular flexibility index (Phi) is 5.46. The lowest BCUT2D eigenvalue weighted by Crippen LogP contribution is -2.32. The molecule has 3 N–H and O–H groups in total. The first-order valence-electron chi connectivity index (χ1n) is 6.60. The molecule has 1 aromatic heterocycles.